The number of nitrogens with two attached hydrogens (primary N) is 1. The number of ether oxygens (including phenoxy) is 1. The van der Waals surface area contributed by atoms with Crippen LogP contribution in [-0.2, 0) is 11.3 Å². The second kappa shape index (κ2) is 6.91. The predicted octanol–water partition coefficient (Wildman–Crippen LogP) is 4.02. The number of halogens is 2. The smallest absolute Gasteiger partial charge is 0.340 e. The third kappa shape index (κ3) is 3.95. The molecule has 0 saturated heterocycles. The molecule has 1 aromatic carbocycles. The van der Waals surface area contributed by atoms with Gasteiger partial charge in [-0.1, -0.05) is 0 Å². The molecule has 2 aromatic rings. The number of hydrogen-bond donors (Lipinski definition) is 2. The third-order valence-corrected chi connectivity index (χ3v) is 4.41. The lowest BCUT2D eigenvalue weighted by Crippen LogP contribution is -2.10. The van der Waals surface area contributed by atoms with E-state index in [1.807, 2.05) is 11.4 Å². The molecular weight excluding hydrogens is 359 g/mol. The number of thiophene rings is 1. The normalized spacial score (nSPS) is 10.4. The van der Waals surface area contributed by atoms with Gasteiger partial charge in [0.25, 0.3) is 0 Å². The minimum Gasteiger partial charge on any atom is -0.462 e. The van der Waals surface area contributed by atoms with Crippen molar-refractivity contribution in [1.82, 2.24) is 0 Å². The number of carbonyl (C=O) groups excluding carboxylic acids is 1. The number of carbonyl (C=O) groups is 1. The molecular formula is C14H14BrFN2O2S. The van der Waals surface area contributed by atoms with Crippen molar-refractivity contribution >= 4 is 44.6 Å². The molecule has 0 saturated carbocycles. The average molecular weight is 373 g/mol. The van der Waals surface area contributed by atoms with Crippen LogP contribution in [0.1, 0.15) is 22.2 Å². The Hall–Kier alpha value is -1.60. The zero-order valence-electron chi connectivity index (χ0n) is 11.3. The lowest BCUT2D eigenvalue weighted by atomic mass is 10.1. The summed E-state index contributed by atoms with van der Waals surface area (Å²) in [7, 11) is 0. The van der Waals surface area contributed by atoms with Gasteiger partial charge in [0, 0.05) is 27.0 Å². The monoisotopic (exact) mass is 372 g/mol. The molecule has 0 radical (unpaired) electrons. The van der Waals surface area contributed by atoms with Crippen LogP contribution in [-0.4, -0.2) is 12.6 Å². The van der Waals surface area contributed by atoms with Crippen LogP contribution in [0.5, 0.6) is 0 Å². The first-order valence-corrected chi connectivity index (χ1v) is 7.91. The van der Waals surface area contributed by atoms with Gasteiger partial charge in [-0.3, -0.25) is 0 Å². The van der Waals surface area contributed by atoms with Gasteiger partial charge in [0.2, 0.25) is 0 Å². The van der Waals surface area contributed by atoms with Crippen molar-refractivity contribution in [1.29, 1.82) is 0 Å². The summed E-state index contributed by atoms with van der Waals surface area (Å²) in [6.07, 6.45) is 0. The van der Waals surface area contributed by atoms with Crippen molar-refractivity contribution in [2.24, 2.45) is 0 Å². The van der Waals surface area contributed by atoms with E-state index in [0.29, 0.717) is 6.54 Å². The summed E-state index contributed by atoms with van der Waals surface area (Å²) in [5.74, 6) is -1.06. The highest BCUT2D eigenvalue weighted by molar-refractivity contribution is 9.10. The van der Waals surface area contributed by atoms with Crippen LogP contribution in [0.2, 0.25) is 0 Å². The quantitative estimate of drug-likeness (QED) is 0.614. The molecule has 0 unspecified atom stereocenters. The van der Waals surface area contributed by atoms with Crippen molar-refractivity contribution in [3.63, 3.8) is 0 Å². The Morgan fingerprint density at radius 1 is 1.48 bits per heavy atom. The molecule has 1 aromatic heterocycles. The van der Waals surface area contributed by atoms with Gasteiger partial charge in [0.15, 0.2) is 0 Å². The Kier molecular flexibility index (Phi) is 5.19. The molecule has 0 spiro atoms. The molecule has 112 valence electrons. The largest absolute Gasteiger partial charge is 0.462 e. The maximum Gasteiger partial charge on any atom is 0.340 e. The van der Waals surface area contributed by atoms with E-state index in [4.69, 9.17) is 10.5 Å². The standard InChI is InChI=1S/C14H14BrFN2O2S/c1-2-20-14(19)10-4-13(11(16)5-12(10)17)18-6-9-3-8(15)7-21-9/h3-5,7,18H,2,6,17H2,1H3. The molecule has 0 aliphatic carbocycles. The minimum absolute atomic E-state index is 0.0652. The highest BCUT2D eigenvalue weighted by atomic mass is 79.9. The highest BCUT2D eigenvalue weighted by Crippen LogP contribution is 2.25. The summed E-state index contributed by atoms with van der Waals surface area (Å²) >= 11 is 4.91. The summed E-state index contributed by atoms with van der Waals surface area (Å²) in [6, 6.07) is 4.45. The maximum atomic E-state index is 13.9. The van der Waals surface area contributed by atoms with Gasteiger partial charge >= 0.3 is 5.97 Å². The van der Waals surface area contributed by atoms with Crippen molar-refractivity contribution in [3.05, 3.63) is 44.3 Å². The van der Waals surface area contributed by atoms with Gasteiger partial charge in [-0.25, -0.2) is 9.18 Å². The van der Waals surface area contributed by atoms with Crippen LogP contribution in [0.4, 0.5) is 15.8 Å². The number of anilines is 2. The second-order valence-electron chi connectivity index (χ2n) is 4.22. The van der Waals surface area contributed by atoms with Gasteiger partial charge in [-0.2, -0.15) is 0 Å². The number of hydrogen-bond acceptors (Lipinski definition) is 5. The SMILES string of the molecule is CCOC(=O)c1cc(NCc2cc(Br)cs2)c(F)cc1N. The molecule has 0 aliphatic heterocycles. The predicted molar refractivity (Wildman–Crippen MR) is 86.1 cm³/mol. The van der Waals surface area contributed by atoms with E-state index >= 15 is 0 Å². The van der Waals surface area contributed by atoms with Crippen LogP contribution in [0.15, 0.2) is 28.1 Å². The summed E-state index contributed by atoms with van der Waals surface area (Å²) < 4.78 is 19.8. The topological polar surface area (TPSA) is 64.3 Å². The van der Waals surface area contributed by atoms with E-state index < -0.39 is 11.8 Å². The van der Waals surface area contributed by atoms with Gasteiger partial charge in [0.05, 0.1) is 17.9 Å². The first kappa shape index (κ1) is 15.8. The number of rotatable bonds is 5. The first-order chi connectivity index (χ1) is 10.0. The molecule has 0 bridgehead atoms. The van der Waals surface area contributed by atoms with Gasteiger partial charge in [-0.15, -0.1) is 11.3 Å². The molecule has 0 aliphatic rings. The molecule has 1 heterocycles. The van der Waals surface area contributed by atoms with E-state index in [1.165, 1.54) is 6.07 Å². The average Bonchev–Trinajstić information content (AvgIpc) is 2.83. The fourth-order valence-electron chi connectivity index (χ4n) is 1.74. The number of nitrogens with one attached hydrogen (secondary N) is 1. The van der Waals surface area contributed by atoms with E-state index in [-0.39, 0.29) is 23.5 Å². The van der Waals surface area contributed by atoms with E-state index in [2.05, 4.69) is 21.2 Å². The minimum atomic E-state index is -0.558. The Balaban J connectivity index is 2.18. The summed E-state index contributed by atoms with van der Waals surface area (Å²) in [4.78, 5) is 12.8. The van der Waals surface area contributed by atoms with Crippen LogP contribution in [0, 0.1) is 5.82 Å². The highest BCUT2D eigenvalue weighted by Gasteiger charge is 2.15. The number of esters is 1. The molecule has 0 atom stereocenters. The Morgan fingerprint density at radius 2 is 2.24 bits per heavy atom. The summed E-state index contributed by atoms with van der Waals surface area (Å²) in [6.45, 7) is 2.40. The summed E-state index contributed by atoms with van der Waals surface area (Å²) in [5, 5.41) is 4.90. The summed E-state index contributed by atoms with van der Waals surface area (Å²) in [5.41, 5.74) is 6.10. The number of benzene rings is 1. The van der Waals surface area contributed by atoms with Crippen molar-refractivity contribution in [3.8, 4) is 0 Å². The van der Waals surface area contributed by atoms with E-state index in [0.717, 1.165) is 15.4 Å². The van der Waals surface area contributed by atoms with E-state index in [1.54, 1.807) is 18.3 Å². The van der Waals surface area contributed by atoms with Crippen molar-refractivity contribution in [2.45, 2.75) is 13.5 Å². The van der Waals surface area contributed by atoms with Crippen molar-refractivity contribution in [2.75, 3.05) is 17.7 Å². The van der Waals surface area contributed by atoms with Crippen LogP contribution >= 0.6 is 27.3 Å². The van der Waals surface area contributed by atoms with Crippen LogP contribution in [0.25, 0.3) is 0 Å². The van der Waals surface area contributed by atoms with Crippen LogP contribution < -0.4 is 11.1 Å². The molecule has 7 heteroatoms. The molecule has 21 heavy (non-hydrogen) atoms. The molecule has 0 amide bonds. The van der Waals surface area contributed by atoms with Gasteiger partial charge < -0.3 is 15.8 Å². The van der Waals surface area contributed by atoms with E-state index in [9.17, 15) is 9.18 Å². The van der Waals surface area contributed by atoms with Gasteiger partial charge in [0.1, 0.15) is 5.82 Å². The molecule has 3 N–H and O–H groups in total. The lowest BCUT2D eigenvalue weighted by Gasteiger charge is -2.11. The Morgan fingerprint density at radius 3 is 2.86 bits per heavy atom. The Labute approximate surface area is 134 Å². The second-order valence-corrected chi connectivity index (χ2v) is 6.14. The maximum absolute atomic E-state index is 13.9. The van der Waals surface area contributed by atoms with Gasteiger partial charge in [-0.05, 0) is 41.1 Å². The zero-order valence-corrected chi connectivity index (χ0v) is 13.7. The van der Waals surface area contributed by atoms with Crippen molar-refractivity contribution < 1.29 is 13.9 Å². The number of nitrogen functional groups attached to an aromatic ring is 1. The van der Waals surface area contributed by atoms with Crippen LogP contribution in [0.3, 0.4) is 0 Å². The Bertz CT molecular complexity index is 660. The third-order valence-electron chi connectivity index (χ3n) is 2.71. The zero-order chi connectivity index (χ0) is 15.4. The fourth-order valence-corrected chi connectivity index (χ4v) is 3.13. The lowest BCUT2D eigenvalue weighted by molar-refractivity contribution is 0.0527. The molecule has 2 rings (SSSR count). The molecule has 0 fully saturated rings. The molecule has 4 nitrogen and oxygen atoms in total. The fraction of sp³-hybridized carbons (Fsp3) is 0.214. The first-order valence-electron chi connectivity index (χ1n) is 6.24.